The molecule has 0 atom stereocenters. The Bertz CT molecular complexity index is 1170. The first-order chi connectivity index (χ1) is 13.4. The van der Waals surface area contributed by atoms with E-state index in [-0.39, 0.29) is 10.6 Å². The van der Waals surface area contributed by atoms with Crippen LogP contribution in [0.2, 0.25) is 5.02 Å². The number of carbonyl (C=O) groups is 2. The van der Waals surface area contributed by atoms with Crippen molar-refractivity contribution in [2.75, 3.05) is 0 Å². The molecule has 0 aromatic heterocycles. The normalized spacial score (nSPS) is 13.5. The standard InChI is InChI=1S/C19H10ClN3O5/c20-12-7-11(17(24)15(8-12)23(27)28)9-21-22-18(25)13-5-1-3-10-4-2-6-14(16(10)13)19(22)26/h1-9,24H/b21-9-. The van der Waals surface area contributed by atoms with Crippen LogP contribution in [0.15, 0.2) is 53.6 Å². The van der Waals surface area contributed by atoms with E-state index in [0.29, 0.717) is 21.5 Å². The summed E-state index contributed by atoms with van der Waals surface area (Å²) < 4.78 is 0. The number of hydrogen-bond acceptors (Lipinski definition) is 6. The smallest absolute Gasteiger partial charge is 0.312 e. The van der Waals surface area contributed by atoms with Crippen LogP contribution >= 0.6 is 11.6 Å². The fourth-order valence-electron chi connectivity index (χ4n) is 3.09. The van der Waals surface area contributed by atoms with Gasteiger partial charge in [-0.05, 0) is 23.6 Å². The zero-order valence-corrected chi connectivity index (χ0v) is 14.8. The average molecular weight is 396 g/mol. The predicted molar refractivity (Wildman–Crippen MR) is 102 cm³/mol. The lowest BCUT2D eigenvalue weighted by Crippen LogP contribution is -2.36. The molecular weight excluding hydrogens is 386 g/mol. The van der Waals surface area contributed by atoms with Crippen LogP contribution in [0.4, 0.5) is 5.69 Å². The number of rotatable bonds is 3. The molecule has 0 radical (unpaired) electrons. The highest BCUT2D eigenvalue weighted by atomic mass is 35.5. The van der Waals surface area contributed by atoms with Crippen LogP contribution in [0, 0.1) is 10.1 Å². The van der Waals surface area contributed by atoms with E-state index in [2.05, 4.69) is 5.10 Å². The average Bonchev–Trinajstić information content (AvgIpc) is 2.67. The number of imide groups is 1. The molecule has 0 bridgehead atoms. The molecule has 3 aromatic rings. The monoisotopic (exact) mass is 395 g/mol. The Morgan fingerprint density at radius 1 is 1.07 bits per heavy atom. The van der Waals surface area contributed by atoms with Crippen molar-refractivity contribution in [1.29, 1.82) is 0 Å². The van der Waals surface area contributed by atoms with Crippen molar-refractivity contribution >= 4 is 46.1 Å². The Kier molecular flexibility index (Phi) is 4.05. The van der Waals surface area contributed by atoms with E-state index >= 15 is 0 Å². The van der Waals surface area contributed by atoms with E-state index in [1.807, 2.05) is 0 Å². The molecule has 1 aliphatic rings. The van der Waals surface area contributed by atoms with Gasteiger partial charge in [0.1, 0.15) is 0 Å². The number of halogens is 1. The lowest BCUT2D eigenvalue weighted by molar-refractivity contribution is -0.385. The number of nitro benzene ring substituents is 1. The van der Waals surface area contributed by atoms with Gasteiger partial charge in [-0.3, -0.25) is 19.7 Å². The number of hydrogen-bond donors (Lipinski definition) is 1. The first-order valence-corrected chi connectivity index (χ1v) is 8.37. The Morgan fingerprint density at radius 2 is 1.68 bits per heavy atom. The number of hydrazone groups is 1. The minimum absolute atomic E-state index is 0.00244. The number of aromatic hydroxyl groups is 1. The maximum absolute atomic E-state index is 12.8. The Morgan fingerprint density at radius 3 is 2.25 bits per heavy atom. The van der Waals surface area contributed by atoms with Gasteiger partial charge in [0.25, 0.3) is 11.8 Å². The van der Waals surface area contributed by atoms with E-state index in [1.54, 1.807) is 36.4 Å². The minimum atomic E-state index is -0.799. The Balaban J connectivity index is 1.79. The third-order valence-electron chi connectivity index (χ3n) is 4.34. The molecular formula is C19H10ClN3O5. The molecule has 1 N–H and O–H groups in total. The molecule has 2 amide bonds. The van der Waals surface area contributed by atoms with E-state index in [4.69, 9.17) is 11.6 Å². The predicted octanol–water partition coefficient (Wildman–Crippen LogP) is 3.74. The summed E-state index contributed by atoms with van der Waals surface area (Å²) in [5.41, 5.74) is -0.0884. The highest BCUT2D eigenvalue weighted by Gasteiger charge is 2.32. The maximum atomic E-state index is 12.8. The molecule has 0 saturated carbocycles. The molecule has 9 heteroatoms. The number of nitro groups is 1. The molecule has 1 aliphatic heterocycles. The molecule has 0 aliphatic carbocycles. The van der Waals surface area contributed by atoms with Crippen LogP contribution in [-0.4, -0.2) is 33.1 Å². The number of benzene rings is 3. The van der Waals surface area contributed by atoms with Gasteiger partial charge < -0.3 is 5.11 Å². The highest BCUT2D eigenvalue weighted by Crippen LogP contribution is 2.33. The fraction of sp³-hybridized carbons (Fsp3) is 0. The van der Waals surface area contributed by atoms with Crippen LogP contribution in [0.25, 0.3) is 10.8 Å². The topological polar surface area (TPSA) is 113 Å². The third-order valence-corrected chi connectivity index (χ3v) is 4.56. The van der Waals surface area contributed by atoms with Crippen molar-refractivity contribution in [3.05, 3.63) is 80.4 Å². The summed E-state index contributed by atoms with van der Waals surface area (Å²) in [6, 6.07) is 12.4. The van der Waals surface area contributed by atoms with Gasteiger partial charge in [-0.1, -0.05) is 35.9 Å². The van der Waals surface area contributed by atoms with Crippen LogP contribution < -0.4 is 0 Å². The van der Waals surface area contributed by atoms with Crippen LogP contribution in [0.3, 0.4) is 0 Å². The molecule has 0 saturated heterocycles. The lowest BCUT2D eigenvalue weighted by atomic mass is 9.95. The second kappa shape index (κ2) is 6.43. The van der Waals surface area contributed by atoms with Crippen molar-refractivity contribution < 1.29 is 19.6 Å². The molecule has 8 nitrogen and oxygen atoms in total. The van der Waals surface area contributed by atoms with Gasteiger partial charge in [0, 0.05) is 22.0 Å². The van der Waals surface area contributed by atoms with Gasteiger partial charge >= 0.3 is 5.69 Å². The molecule has 28 heavy (non-hydrogen) atoms. The number of phenolic OH excluding ortho intramolecular Hbond substituents is 1. The fourth-order valence-corrected chi connectivity index (χ4v) is 3.31. The van der Waals surface area contributed by atoms with Gasteiger partial charge in [0.2, 0.25) is 5.75 Å². The molecule has 3 aromatic carbocycles. The quantitative estimate of drug-likeness (QED) is 0.314. The van der Waals surface area contributed by atoms with Crippen LogP contribution in [0.1, 0.15) is 26.3 Å². The molecule has 1 heterocycles. The minimum Gasteiger partial charge on any atom is -0.502 e. The summed E-state index contributed by atoms with van der Waals surface area (Å²) in [4.78, 5) is 35.7. The number of carbonyl (C=O) groups excluding carboxylic acids is 2. The van der Waals surface area contributed by atoms with Crippen molar-refractivity contribution in [2.24, 2.45) is 5.10 Å². The summed E-state index contributed by atoms with van der Waals surface area (Å²) in [6.07, 6.45) is 0.984. The number of phenols is 1. The van der Waals surface area contributed by atoms with E-state index in [1.165, 1.54) is 6.07 Å². The first-order valence-electron chi connectivity index (χ1n) is 8.00. The third kappa shape index (κ3) is 2.67. The molecule has 4 rings (SSSR count). The summed E-state index contributed by atoms with van der Waals surface area (Å²) in [5, 5.41) is 26.9. The molecule has 0 unspecified atom stereocenters. The van der Waals surface area contributed by atoms with Gasteiger partial charge in [0.05, 0.1) is 22.3 Å². The zero-order chi connectivity index (χ0) is 20.0. The first kappa shape index (κ1) is 17.6. The SMILES string of the molecule is O=C1c2cccc3cccc(c23)C(=O)N1/N=C\c1cc(Cl)cc([N+](=O)[O-])c1O. The largest absolute Gasteiger partial charge is 0.502 e. The zero-order valence-electron chi connectivity index (χ0n) is 14.0. The van der Waals surface area contributed by atoms with Crippen molar-refractivity contribution in [3.63, 3.8) is 0 Å². The van der Waals surface area contributed by atoms with Crippen LogP contribution in [0.5, 0.6) is 5.75 Å². The molecule has 0 spiro atoms. The highest BCUT2D eigenvalue weighted by molar-refractivity contribution is 6.31. The van der Waals surface area contributed by atoms with Crippen molar-refractivity contribution in [1.82, 2.24) is 5.01 Å². The Hall–Kier alpha value is -3.78. The van der Waals surface area contributed by atoms with E-state index < -0.39 is 28.2 Å². The summed E-state index contributed by atoms with van der Waals surface area (Å²) >= 11 is 5.84. The van der Waals surface area contributed by atoms with Gasteiger partial charge in [-0.15, -0.1) is 0 Å². The maximum Gasteiger partial charge on any atom is 0.312 e. The number of nitrogens with zero attached hydrogens (tertiary/aromatic N) is 3. The van der Waals surface area contributed by atoms with Gasteiger partial charge in [-0.25, -0.2) is 0 Å². The summed E-state index contributed by atoms with van der Waals surface area (Å²) in [7, 11) is 0. The molecule has 0 fully saturated rings. The Labute approximate surface area is 162 Å². The van der Waals surface area contributed by atoms with Crippen molar-refractivity contribution in [3.8, 4) is 5.75 Å². The van der Waals surface area contributed by atoms with Crippen molar-refractivity contribution in [2.45, 2.75) is 0 Å². The summed E-state index contributed by atoms with van der Waals surface area (Å²) in [5.74, 6) is -1.94. The van der Waals surface area contributed by atoms with Gasteiger partial charge in [-0.2, -0.15) is 10.1 Å². The van der Waals surface area contributed by atoms with E-state index in [9.17, 15) is 24.8 Å². The van der Waals surface area contributed by atoms with Gasteiger partial charge in [0.15, 0.2) is 0 Å². The van der Waals surface area contributed by atoms with E-state index in [0.717, 1.165) is 17.7 Å². The second-order valence-corrected chi connectivity index (χ2v) is 6.43. The summed E-state index contributed by atoms with van der Waals surface area (Å²) in [6.45, 7) is 0. The number of amides is 2. The van der Waals surface area contributed by atoms with Crippen LogP contribution in [-0.2, 0) is 0 Å². The second-order valence-electron chi connectivity index (χ2n) is 6.00. The molecule has 138 valence electrons. The lowest BCUT2D eigenvalue weighted by Gasteiger charge is -2.23.